The molecule has 148 valence electrons. The Morgan fingerprint density at radius 1 is 1.00 bits per heavy atom. The molecule has 0 aliphatic rings. The van der Waals surface area contributed by atoms with E-state index in [-0.39, 0.29) is 11.2 Å². The van der Waals surface area contributed by atoms with Gasteiger partial charge in [-0.1, -0.05) is 57.2 Å². The summed E-state index contributed by atoms with van der Waals surface area (Å²) in [6.07, 6.45) is 0. The second-order valence-corrected chi connectivity index (χ2v) is 10.1. The number of hydrogen-bond acceptors (Lipinski definition) is 4. The molecule has 0 atom stereocenters. The van der Waals surface area contributed by atoms with Gasteiger partial charge in [0, 0.05) is 13.6 Å². The molecule has 0 aromatic heterocycles. The zero-order valence-corrected chi connectivity index (χ0v) is 17.6. The number of carbonyl (C=O) groups excluding carboxylic acids is 1. The molecular weight excluding hydrogens is 372 g/mol. The van der Waals surface area contributed by atoms with Gasteiger partial charge in [0.15, 0.2) is 9.84 Å². The van der Waals surface area contributed by atoms with Gasteiger partial charge >= 0.3 is 0 Å². The third-order valence-electron chi connectivity index (χ3n) is 4.48. The topological polar surface area (TPSA) is 78.2 Å². The Bertz CT molecular complexity index is 964. The quantitative estimate of drug-likeness (QED) is 0.747. The highest BCUT2D eigenvalue weighted by Gasteiger charge is 2.21. The average molecular weight is 399 g/mol. The van der Waals surface area contributed by atoms with Crippen molar-refractivity contribution in [2.45, 2.75) is 38.5 Å². The van der Waals surface area contributed by atoms with E-state index in [9.17, 15) is 13.2 Å². The molecule has 2 aromatic rings. The Balaban J connectivity index is 1.97. The summed E-state index contributed by atoms with van der Waals surface area (Å²) in [5.74, 6) is -1.20. The fourth-order valence-electron chi connectivity index (χ4n) is 2.75. The van der Waals surface area contributed by atoms with Crippen molar-refractivity contribution in [2.24, 2.45) is 0 Å². The van der Waals surface area contributed by atoms with Crippen LogP contribution in [-0.2, 0) is 32.3 Å². The fraction of sp³-hybridized carbons (Fsp3) is 0.364. The summed E-state index contributed by atoms with van der Waals surface area (Å²) in [6.45, 7) is 6.76. The lowest BCUT2D eigenvalue weighted by atomic mass is 9.87. The summed E-state index contributed by atoms with van der Waals surface area (Å²) < 4.78 is 24.7. The molecule has 6 heteroatoms. The van der Waals surface area contributed by atoms with Gasteiger partial charge in [-0.3, -0.25) is 4.79 Å². The zero-order chi connectivity index (χ0) is 20.9. The molecular formula is C22H26N2O3S. The molecule has 1 amide bonds. The summed E-state index contributed by atoms with van der Waals surface area (Å²) in [5, 5.41) is 8.80. The molecule has 0 radical (unpaired) electrons. The minimum absolute atomic E-state index is 0.0553. The molecule has 0 saturated heterocycles. The van der Waals surface area contributed by atoms with Crippen LogP contribution in [0.2, 0.25) is 0 Å². The van der Waals surface area contributed by atoms with E-state index in [1.807, 2.05) is 30.3 Å². The highest BCUT2D eigenvalue weighted by atomic mass is 32.2. The lowest BCUT2D eigenvalue weighted by Gasteiger charge is -2.21. The van der Waals surface area contributed by atoms with E-state index < -0.39 is 21.5 Å². The minimum Gasteiger partial charge on any atom is -0.341 e. The standard InChI is InChI=1S/C22H26N2O3S/c1-22(2,3)20-11-9-18(10-12-20)14-24(4)21(25)16-28(26,27)15-19-7-5-17(13-23)6-8-19/h5-12H,14-16H2,1-4H3. The predicted octanol–water partition coefficient (Wildman–Crippen LogP) is 3.43. The van der Waals surface area contributed by atoms with Gasteiger partial charge in [0.25, 0.3) is 0 Å². The maximum atomic E-state index is 12.4. The first-order valence-electron chi connectivity index (χ1n) is 9.03. The van der Waals surface area contributed by atoms with Crippen LogP contribution in [-0.4, -0.2) is 32.0 Å². The number of sulfone groups is 1. The monoisotopic (exact) mass is 398 g/mol. The van der Waals surface area contributed by atoms with Crippen LogP contribution in [0.25, 0.3) is 0 Å². The molecule has 0 aliphatic heterocycles. The molecule has 0 unspecified atom stereocenters. The van der Waals surface area contributed by atoms with E-state index in [1.165, 1.54) is 10.5 Å². The Kier molecular flexibility index (Phi) is 6.63. The van der Waals surface area contributed by atoms with Crippen LogP contribution >= 0.6 is 0 Å². The second-order valence-electron chi connectivity index (χ2n) is 8.04. The highest BCUT2D eigenvalue weighted by Crippen LogP contribution is 2.22. The van der Waals surface area contributed by atoms with Crippen molar-refractivity contribution in [3.63, 3.8) is 0 Å². The number of nitrogens with zero attached hydrogens (tertiary/aromatic N) is 2. The van der Waals surface area contributed by atoms with Gasteiger partial charge in [-0.15, -0.1) is 0 Å². The molecule has 0 aliphatic carbocycles. The zero-order valence-electron chi connectivity index (χ0n) is 16.8. The van der Waals surface area contributed by atoms with Crippen LogP contribution in [0.5, 0.6) is 0 Å². The maximum absolute atomic E-state index is 12.4. The van der Waals surface area contributed by atoms with Gasteiger partial charge in [0.2, 0.25) is 5.91 Å². The summed E-state index contributed by atoms with van der Waals surface area (Å²) in [6, 6.07) is 16.3. The SMILES string of the molecule is CN(Cc1ccc(C(C)(C)C)cc1)C(=O)CS(=O)(=O)Cc1ccc(C#N)cc1. The third kappa shape index (κ3) is 6.21. The van der Waals surface area contributed by atoms with Gasteiger partial charge in [0.1, 0.15) is 5.75 Å². The third-order valence-corrected chi connectivity index (χ3v) is 5.94. The first-order valence-corrected chi connectivity index (χ1v) is 10.9. The van der Waals surface area contributed by atoms with E-state index >= 15 is 0 Å². The van der Waals surface area contributed by atoms with E-state index in [0.29, 0.717) is 17.7 Å². The molecule has 0 heterocycles. The molecule has 0 fully saturated rings. The summed E-state index contributed by atoms with van der Waals surface area (Å²) in [5.41, 5.74) is 3.24. The smallest absolute Gasteiger partial charge is 0.237 e. The largest absolute Gasteiger partial charge is 0.341 e. The van der Waals surface area contributed by atoms with Crippen molar-refractivity contribution < 1.29 is 13.2 Å². The molecule has 2 rings (SSSR count). The Morgan fingerprint density at radius 2 is 1.54 bits per heavy atom. The van der Waals surface area contributed by atoms with Gasteiger partial charge in [-0.2, -0.15) is 5.26 Å². The Morgan fingerprint density at radius 3 is 2.04 bits per heavy atom. The van der Waals surface area contributed by atoms with Crippen molar-refractivity contribution >= 4 is 15.7 Å². The van der Waals surface area contributed by atoms with Crippen LogP contribution in [0.4, 0.5) is 0 Å². The van der Waals surface area contributed by atoms with Crippen LogP contribution in [0.3, 0.4) is 0 Å². The van der Waals surface area contributed by atoms with Crippen molar-refractivity contribution in [1.82, 2.24) is 4.90 Å². The molecule has 5 nitrogen and oxygen atoms in total. The van der Waals surface area contributed by atoms with Gasteiger partial charge < -0.3 is 4.90 Å². The lowest BCUT2D eigenvalue weighted by Crippen LogP contribution is -2.32. The number of nitriles is 1. The number of hydrogen-bond donors (Lipinski definition) is 0. The van der Waals surface area contributed by atoms with E-state index in [4.69, 9.17) is 5.26 Å². The second kappa shape index (κ2) is 8.57. The number of rotatable bonds is 6. The summed E-state index contributed by atoms with van der Waals surface area (Å²) >= 11 is 0. The normalized spacial score (nSPS) is 11.7. The first-order chi connectivity index (χ1) is 13.0. The molecule has 2 aromatic carbocycles. The van der Waals surface area contributed by atoms with Crippen molar-refractivity contribution in [1.29, 1.82) is 5.26 Å². The van der Waals surface area contributed by atoms with Gasteiger partial charge in [-0.05, 0) is 34.2 Å². The first kappa shape index (κ1) is 21.6. The van der Waals surface area contributed by atoms with Gasteiger partial charge in [-0.25, -0.2) is 8.42 Å². The molecule has 0 N–H and O–H groups in total. The number of benzene rings is 2. The minimum atomic E-state index is -3.59. The summed E-state index contributed by atoms with van der Waals surface area (Å²) in [4.78, 5) is 13.8. The van der Waals surface area contributed by atoms with Crippen molar-refractivity contribution in [3.8, 4) is 6.07 Å². The van der Waals surface area contributed by atoms with E-state index in [0.717, 1.165) is 5.56 Å². The average Bonchev–Trinajstić information content (AvgIpc) is 2.61. The van der Waals surface area contributed by atoms with Gasteiger partial charge in [0.05, 0.1) is 17.4 Å². The predicted molar refractivity (Wildman–Crippen MR) is 110 cm³/mol. The van der Waals surface area contributed by atoms with Crippen LogP contribution < -0.4 is 0 Å². The molecule has 28 heavy (non-hydrogen) atoms. The van der Waals surface area contributed by atoms with Crippen molar-refractivity contribution in [3.05, 3.63) is 70.8 Å². The molecule has 0 bridgehead atoms. The lowest BCUT2D eigenvalue weighted by molar-refractivity contribution is -0.127. The van der Waals surface area contributed by atoms with E-state index in [2.05, 4.69) is 20.8 Å². The Labute approximate surface area is 167 Å². The maximum Gasteiger partial charge on any atom is 0.237 e. The molecule has 0 saturated carbocycles. The van der Waals surface area contributed by atoms with Crippen molar-refractivity contribution in [2.75, 3.05) is 12.8 Å². The number of amides is 1. The Hall–Kier alpha value is -2.65. The highest BCUT2D eigenvalue weighted by molar-refractivity contribution is 7.91. The summed E-state index contributed by atoms with van der Waals surface area (Å²) in [7, 11) is -1.98. The van der Waals surface area contributed by atoms with Crippen LogP contribution in [0.1, 0.15) is 43.0 Å². The molecule has 0 spiro atoms. The van der Waals surface area contributed by atoms with Crippen LogP contribution in [0, 0.1) is 11.3 Å². The fourth-order valence-corrected chi connectivity index (χ4v) is 4.15. The van der Waals surface area contributed by atoms with Crippen LogP contribution in [0.15, 0.2) is 48.5 Å². The number of carbonyl (C=O) groups is 1. The van der Waals surface area contributed by atoms with E-state index in [1.54, 1.807) is 31.3 Å².